The summed E-state index contributed by atoms with van der Waals surface area (Å²) < 4.78 is 32.9. The summed E-state index contributed by atoms with van der Waals surface area (Å²) in [4.78, 5) is 5.70. The second-order valence-electron chi connectivity index (χ2n) is 6.93. The van der Waals surface area contributed by atoms with Crippen LogP contribution in [0.5, 0.6) is 5.88 Å². The van der Waals surface area contributed by atoms with E-state index in [1.54, 1.807) is 6.07 Å². The number of nitrogens with one attached hydrogen (secondary N) is 1. The number of H-pyrrole nitrogens is 1. The minimum absolute atomic E-state index is 0.0245. The van der Waals surface area contributed by atoms with Crippen molar-refractivity contribution < 1.29 is 18.6 Å². The lowest BCUT2D eigenvalue weighted by atomic mass is 9.98. The molecular formula is C22H20F2N2O2S2. The Labute approximate surface area is 182 Å². The van der Waals surface area contributed by atoms with Gasteiger partial charge < -0.3 is 14.8 Å². The fourth-order valence-electron chi connectivity index (χ4n) is 3.39. The first-order valence-electron chi connectivity index (χ1n) is 9.50. The Morgan fingerprint density at radius 1 is 1.13 bits per heavy atom. The van der Waals surface area contributed by atoms with E-state index in [9.17, 15) is 13.9 Å². The largest absolute Gasteiger partial charge is 0.494 e. The number of thiazole rings is 1. The van der Waals surface area contributed by atoms with Crippen LogP contribution in [0.1, 0.15) is 10.4 Å². The van der Waals surface area contributed by atoms with Gasteiger partial charge in [0.1, 0.15) is 0 Å². The average Bonchev–Trinajstić information content (AvgIpc) is 3.09. The first-order valence-corrected chi connectivity index (χ1v) is 10.7. The van der Waals surface area contributed by atoms with Crippen LogP contribution in [0.3, 0.4) is 0 Å². The normalized spacial score (nSPS) is 15.5. The van der Waals surface area contributed by atoms with Crippen molar-refractivity contribution in [2.45, 2.75) is 0 Å². The van der Waals surface area contributed by atoms with E-state index in [0.29, 0.717) is 34.2 Å². The lowest BCUT2D eigenvalue weighted by Crippen LogP contribution is -2.36. The van der Waals surface area contributed by atoms with Crippen LogP contribution >= 0.6 is 23.6 Å². The molecule has 4 rings (SSSR count). The van der Waals surface area contributed by atoms with E-state index in [1.165, 1.54) is 17.4 Å². The third-order valence-corrected chi connectivity index (χ3v) is 6.22. The molecule has 2 heterocycles. The van der Waals surface area contributed by atoms with E-state index >= 15 is 0 Å². The number of morpholine rings is 1. The maximum absolute atomic E-state index is 13.7. The molecule has 1 aliphatic heterocycles. The SMILES string of the molecule is Oc1[nH]c(=S)sc1C(=CCN1CCOCC1)c1cccc(-c2ccc(F)c(F)c2)c1. The number of aromatic amines is 1. The summed E-state index contributed by atoms with van der Waals surface area (Å²) in [7, 11) is 0. The van der Waals surface area contributed by atoms with Gasteiger partial charge in [0, 0.05) is 25.2 Å². The van der Waals surface area contributed by atoms with Gasteiger partial charge in [0.25, 0.3) is 0 Å². The molecule has 156 valence electrons. The third kappa shape index (κ3) is 4.67. The van der Waals surface area contributed by atoms with Crippen LogP contribution < -0.4 is 0 Å². The minimum atomic E-state index is -0.887. The molecule has 0 saturated carbocycles. The molecule has 2 aromatic carbocycles. The van der Waals surface area contributed by atoms with E-state index in [-0.39, 0.29) is 5.88 Å². The molecule has 4 nitrogen and oxygen atoms in total. The van der Waals surface area contributed by atoms with Crippen LogP contribution in [0.25, 0.3) is 16.7 Å². The fourth-order valence-corrected chi connectivity index (χ4v) is 4.53. The summed E-state index contributed by atoms with van der Waals surface area (Å²) in [5, 5.41) is 10.4. The standard InChI is InChI=1S/C22H20F2N2O2S2/c23-18-5-4-15(13-19(18)24)14-2-1-3-16(12-14)17(20-21(27)25-22(29)30-20)6-7-26-8-10-28-11-9-26/h1-6,12-13,27H,7-11H2,(H,25,29). The number of halogens is 2. The molecule has 1 aliphatic rings. The molecule has 0 bridgehead atoms. The smallest absolute Gasteiger partial charge is 0.208 e. The molecular weight excluding hydrogens is 426 g/mol. The number of aromatic nitrogens is 1. The number of rotatable bonds is 5. The summed E-state index contributed by atoms with van der Waals surface area (Å²) in [6.07, 6.45) is 2.06. The van der Waals surface area contributed by atoms with Crippen molar-refractivity contribution in [2.24, 2.45) is 0 Å². The molecule has 1 aromatic heterocycles. The minimum Gasteiger partial charge on any atom is -0.494 e. The molecule has 1 saturated heterocycles. The van der Waals surface area contributed by atoms with Gasteiger partial charge in [0.05, 0.1) is 18.1 Å². The quantitative estimate of drug-likeness (QED) is 0.528. The Hall–Kier alpha value is -2.39. The zero-order chi connectivity index (χ0) is 21.1. The van der Waals surface area contributed by atoms with Crippen LogP contribution in [0, 0.1) is 15.6 Å². The van der Waals surface area contributed by atoms with E-state index in [2.05, 4.69) is 16.0 Å². The predicted octanol–water partition coefficient (Wildman–Crippen LogP) is 5.22. The molecule has 0 amide bonds. The van der Waals surface area contributed by atoms with Gasteiger partial charge in [-0.2, -0.15) is 0 Å². The van der Waals surface area contributed by atoms with Crippen molar-refractivity contribution in [1.29, 1.82) is 0 Å². The second-order valence-corrected chi connectivity index (χ2v) is 8.62. The van der Waals surface area contributed by atoms with Crippen LogP contribution in [0.4, 0.5) is 8.78 Å². The van der Waals surface area contributed by atoms with Gasteiger partial charge in [-0.05, 0) is 47.1 Å². The second kappa shape index (κ2) is 9.18. The van der Waals surface area contributed by atoms with Crippen molar-refractivity contribution >= 4 is 29.1 Å². The maximum Gasteiger partial charge on any atom is 0.208 e. The molecule has 1 fully saturated rings. The van der Waals surface area contributed by atoms with Gasteiger partial charge in [-0.3, -0.25) is 4.90 Å². The highest BCUT2D eigenvalue weighted by Gasteiger charge is 2.16. The van der Waals surface area contributed by atoms with E-state index in [4.69, 9.17) is 17.0 Å². The molecule has 2 N–H and O–H groups in total. The number of aromatic hydroxyl groups is 1. The van der Waals surface area contributed by atoms with Crippen LogP contribution in [0.15, 0.2) is 48.5 Å². The highest BCUT2D eigenvalue weighted by molar-refractivity contribution is 7.73. The molecule has 0 atom stereocenters. The molecule has 0 spiro atoms. The number of hydrogen-bond donors (Lipinski definition) is 2. The summed E-state index contributed by atoms with van der Waals surface area (Å²) in [5.41, 5.74) is 3.02. The molecule has 3 aromatic rings. The summed E-state index contributed by atoms with van der Waals surface area (Å²) in [6, 6.07) is 11.4. The summed E-state index contributed by atoms with van der Waals surface area (Å²) in [5.74, 6) is -1.74. The maximum atomic E-state index is 13.7. The van der Waals surface area contributed by atoms with Gasteiger partial charge >= 0.3 is 0 Å². The Morgan fingerprint density at radius 2 is 1.90 bits per heavy atom. The molecule has 0 radical (unpaired) electrons. The number of nitrogens with zero attached hydrogens (tertiary/aromatic N) is 1. The van der Waals surface area contributed by atoms with Gasteiger partial charge in [0.2, 0.25) is 5.88 Å². The zero-order valence-corrected chi connectivity index (χ0v) is 17.7. The third-order valence-electron chi connectivity index (χ3n) is 4.96. The van der Waals surface area contributed by atoms with Gasteiger partial charge in [0.15, 0.2) is 15.6 Å². The van der Waals surface area contributed by atoms with Crippen molar-refractivity contribution in [2.75, 3.05) is 32.8 Å². The number of benzene rings is 2. The fraction of sp³-hybridized carbons (Fsp3) is 0.227. The topological polar surface area (TPSA) is 48.5 Å². The monoisotopic (exact) mass is 446 g/mol. The van der Waals surface area contributed by atoms with Crippen molar-refractivity contribution in [3.05, 3.63) is 74.6 Å². The number of hydrogen-bond acceptors (Lipinski definition) is 5. The first-order chi connectivity index (χ1) is 14.5. The van der Waals surface area contributed by atoms with E-state index < -0.39 is 11.6 Å². The highest BCUT2D eigenvalue weighted by Crippen LogP contribution is 2.35. The molecule has 0 unspecified atom stereocenters. The molecule has 0 aliphatic carbocycles. The van der Waals surface area contributed by atoms with E-state index in [0.717, 1.165) is 35.9 Å². The van der Waals surface area contributed by atoms with Crippen LogP contribution in [-0.4, -0.2) is 47.8 Å². The number of ether oxygens (including phenoxy) is 1. The first kappa shape index (κ1) is 20.9. The average molecular weight is 447 g/mol. The predicted molar refractivity (Wildman–Crippen MR) is 117 cm³/mol. The van der Waals surface area contributed by atoms with Crippen molar-refractivity contribution in [3.8, 4) is 17.0 Å². The highest BCUT2D eigenvalue weighted by atomic mass is 32.1. The molecule has 30 heavy (non-hydrogen) atoms. The summed E-state index contributed by atoms with van der Waals surface area (Å²) in [6.45, 7) is 3.77. The Balaban J connectivity index is 1.74. The Bertz CT molecular complexity index is 1130. The summed E-state index contributed by atoms with van der Waals surface area (Å²) >= 11 is 6.50. The van der Waals surface area contributed by atoms with Crippen molar-refractivity contribution in [1.82, 2.24) is 9.88 Å². The lowest BCUT2D eigenvalue weighted by Gasteiger charge is -2.25. The molecule has 8 heteroatoms. The van der Waals surface area contributed by atoms with Gasteiger partial charge in [-0.1, -0.05) is 30.3 Å². The van der Waals surface area contributed by atoms with Gasteiger partial charge in [-0.15, -0.1) is 11.3 Å². The van der Waals surface area contributed by atoms with Crippen molar-refractivity contribution in [3.63, 3.8) is 0 Å². The van der Waals surface area contributed by atoms with Crippen LogP contribution in [-0.2, 0) is 4.74 Å². The van der Waals surface area contributed by atoms with E-state index in [1.807, 2.05) is 24.3 Å². The van der Waals surface area contributed by atoms with Crippen LogP contribution in [0.2, 0.25) is 0 Å². The Morgan fingerprint density at radius 3 is 2.60 bits per heavy atom. The lowest BCUT2D eigenvalue weighted by molar-refractivity contribution is 0.0435. The zero-order valence-electron chi connectivity index (χ0n) is 16.0. The Kier molecular flexibility index (Phi) is 6.38. The van der Waals surface area contributed by atoms with Gasteiger partial charge in [-0.25, -0.2) is 8.78 Å².